The quantitative estimate of drug-likeness (QED) is 0.470. The summed E-state index contributed by atoms with van der Waals surface area (Å²) in [6, 6.07) is 6.11. The van der Waals surface area contributed by atoms with E-state index in [-0.39, 0.29) is 17.5 Å². The summed E-state index contributed by atoms with van der Waals surface area (Å²) >= 11 is 2.99. The molecule has 152 valence electrons. The van der Waals surface area contributed by atoms with Gasteiger partial charge < -0.3 is 10.2 Å². The van der Waals surface area contributed by atoms with Crippen LogP contribution in [-0.2, 0) is 11.3 Å². The van der Waals surface area contributed by atoms with Crippen molar-refractivity contribution in [1.82, 2.24) is 20.3 Å². The Bertz CT molecular complexity index is 971. The maximum Gasteiger partial charge on any atom is 0.230 e. The maximum atomic E-state index is 13.0. The molecule has 0 bridgehead atoms. The molecule has 3 heterocycles. The summed E-state index contributed by atoms with van der Waals surface area (Å²) in [6.07, 6.45) is 6.44. The first-order valence-corrected chi connectivity index (χ1v) is 11.5. The number of halogens is 1. The van der Waals surface area contributed by atoms with E-state index in [2.05, 4.69) is 20.2 Å². The van der Waals surface area contributed by atoms with Crippen molar-refractivity contribution in [3.05, 3.63) is 42.0 Å². The third kappa shape index (κ3) is 5.22. The molecule has 6 nitrogen and oxygen atoms in total. The third-order valence-electron chi connectivity index (χ3n) is 4.77. The average Bonchev–Trinajstić information content (AvgIpc) is 2.99. The highest BCUT2D eigenvalue weighted by molar-refractivity contribution is 8.00. The molecule has 1 aromatic carbocycles. The molecule has 4 rings (SSSR count). The van der Waals surface area contributed by atoms with Crippen LogP contribution in [0.25, 0.3) is 10.3 Å². The van der Waals surface area contributed by atoms with E-state index in [1.807, 2.05) is 0 Å². The fraction of sp³-hybridized carbons (Fsp3) is 0.400. The van der Waals surface area contributed by atoms with Crippen molar-refractivity contribution in [2.24, 2.45) is 0 Å². The van der Waals surface area contributed by atoms with Gasteiger partial charge in [0.1, 0.15) is 21.9 Å². The van der Waals surface area contributed by atoms with Crippen LogP contribution in [0.15, 0.2) is 35.6 Å². The maximum absolute atomic E-state index is 13.0. The normalized spacial score (nSPS) is 14.7. The first kappa shape index (κ1) is 20.0. The second kappa shape index (κ2) is 9.49. The van der Waals surface area contributed by atoms with E-state index >= 15 is 0 Å². The standard InChI is InChI=1S/C20H22FN5OS2/c21-15-7-5-14(6-8-15)11-22-16(27)12-28-19-17-18(23-13-24-19)25-20(29-17)26-9-3-1-2-4-10-26/h5-8,13H,1-4,9-12H2,(H,22,27). The average molecular weight is 432 g/mol. The number of carbonyl (C=O) groups excluding carboxylic acids is 1. The minimum absolute atomic E-state index is 0.0941. The summed E-state index contributed by atoms with van der Waals surface area (Å²) in [5.74, 6) is -0.125. The Hall–Kier alpha value is -2.26. The minimum Gasteiger partial charge on any atom is -0.351 e. The predicted molar refractivity (Wildman–Crippen MR) is 115 cm³/mol. The smallest absolute Gasteiger partial charge is 0.230 e. The Morgan fingerprint density at radius 1 is 1.14 bits per heavy atom. The molecule has 29 heavy (non-hydrogen) atoms. The van der Waals surface area contributed by atoms with Crippen LogP contribution in [0.3, 0.4) is 0 Å². The molecule has 0 radical (unpaired) electrons. The summed E-state index contributed by atoms with van der Waals surface area (Å²) in [4.78, 5) is 27.9. The molecule has 0 saturated carbocycles. The van der Waals surface area contributed by atoms with Gasteiger partial charge in [0.15, 0.2) is 10.8 Å². The van der Waals surface area contributed by atoms with E-state index in [0.29, 0.717) is 12.2 Å². The molecule has 9 heteroatoms. The highest BCUT2D eigenvalue weighted by atomic mass is 32.2. The molecular formula is C20H22FN5OS2. The van der Waals surface area contributed by atoms with Gasteiger partial charge in [0.05, 0.1) is 5.75 Å². The second-order valence-corrected chi connectivity index (χ2v) is 8.86. The zero-order valence-electron chi connectivity index (χ0n) is 15.9. The summed E-state index contributed by atoms with van der Waals surface area (Å²) in [5, 5.41) is 4.63. The fourth-order valence-electron chi connectivity index (χ4n) is 3.21. The number of nitrogens with zero attached hydrogens (tertiary/aromatic N) is 4. The fourth-order valence-corrected chi connectivity index (χ4v) is 5.18. The first-order valence-electron chi connectivity index (χ1n) is 9.69. The largest absolute Gasteiger partial charge is 0.351 e. The highest BCUT2D eigenvalue weighted by Gasteiger charge is 2.17. The van der Waals surface area contributed by atoms with Gasteiger partial charge in [-0.25, -0.2) is 14.4 Å². The van der Waals surface area contributed by atoms with Crippen molar-refractivity contribution in [2.45, 2.75) is 37.3 Å². The van der Waals surface area contributed by atoms with E-state index in [1.54, 1.807) is 23.5 Å². The Kier molecular flexibility index (Phi) is 6.56. The summed E-state index contributed by atoms with van der Waals surface area (Å²) in [5.41, 5.74) is 1.55. The number of benzene rings is 1. The molecule has 1 aliphatic heterocycles. The van der Waals surface area contributed by atoms with E-state index in [4.69, 9.17) is 4.98 Å². The minimum atomic E-state index is -0.285. The van der Waals surface area contributed by atoms with Gasteiger partial charge in [-0.3, -0.25) is 4.79 Å². The second-order valence-electron chi connectivity index (χ2n) is 6.92. The molecule has 2 aromatic heterocycles. The predicted octanol–water partition coefficient (Wildman–Crippen LogP) is 4.01. The lowest BCUT2D eigenvalue weighted by atomic mass is 10.2. The van der Waals surface area contributed by atoms with Gasteiger partial charge in [-0.05, 0) is 30.5 Å². The Balaban J connectivity index is 1.38. The van der Waals surface area contributed by atoms with Crippen LogP contribution >= 0.6 is 23.1 Å². The number of amides is 1. The Morgan fingerprint density at radius 3 is 2.66 bits per heavy atom. The lowest BCUT2D eigenvalue weighted by Crippen LogP contribution is -2.24. The number of fused-ring (bicyclic) bond motifs is 1. The zero-order chi connectivity index (χ0) is 20.1. The SMILES string of the molecule is O=C(CSc1ncnc2nc(N3CCCCCC3)sc12)NCc1ccc(F)cc1. The zero-order valence-corrected chi connectivity index (χ0v) is 17.6. The number of hydrogen-bond donors (Lipinski definition) is 1. The number of rotatable bonds is 6. The van der Waals surface area contributed by atoms with E-state index in [9.17, 15) is 9.18 Å². The van der Waals surface area contributed by atoms with Crippen molar-refractivity contribution in [1.29, 1.82) is 0 Å². The lowest BCUT2D eigenvalue weighted by molar-refractivity contribution is -0.118. The lowest BCUT2D eigenvalue weighted by Gasteiger charge is -2.18. The molecule has 1 fully saturated rings. The number of aromatic nitrogens is 3. The number of nitrogens with one attached hydrogen (secondary N) is 1. The first-order chi connectivity index (χ1) is 14.2. The monoisotopic (exact) mass is 431 g/mol. The number of thioether (sulfide) groups is 1. The van der Waals surface area contributed by atoms with Gasteiger partial charge in [-0.2, -0.15) is 4.98 Å². The van der Waals surface area contributed by atoms with Crippen molar-refractivity contribution in [3.63, 3.8) is 0 Å². The molecule has 0 atom stereocenters. The third-order valence-corrected chi connectivity index (χ3v) is 7.00. The molecule has 1 N–H and O–H groups in total. The summed E-state index contributed by atoms with van der Waals surface area (Å²) in [7, 11) is 0. The van der Waals surface area contributed by atoms with E-state index in [1.165, 1.54) is 55.9 Å². The topological polar surface area (TPSA) is 71.0 Å². The van der Waals surface area contributed by atoms with Crippen molar-refractivity contribution in [2.75, 3.05) is 23.7 Å². The number of anilines is 1. The van der Waals surface area contributed by atoms with Crippen LogP contribution < -0.4 is 10.2 Å². The van der Waals surface area contributed by atoms with Crippen LogP contribution in [-0.4, -0.2) is 39.7 Å². The molecular weight excluding hydrogens is 409 g/mol. The van der Waals surface area contributed by atoms with Crippen LogP contribution in [0.5, 0.6) is 0 Å². The molecule has 3 aromatic rings. The van der Waals surface area contributed by atoms with Crippen molar-refractivity contribution in [3.8, 4) is 0 Å². The van der Waals surface area contributed by atoms with E-state index in [0.717, 1.165) is 33.5 Å². The number of carbonyl (C=O) groups is 1. The van der Waals surface area contributed by atoms with Crippen LogP contribution in [0.4, 0.5) is 9.52 Å². The van der Waals surface area contributed by atoms with Crippen LogP contribution in [0.2, 0.25) is 0 Å². The number of hydrogen-bond acceptors (Lipinski definition) is 7. The molecule has 1 amide bonds. The number of thiazole rings is 1. The van der Waals surface area contributed by atoms with Gasteiger partial charge in [0.25, 0.3) is 0 Å². The molecule has 1 saturated heterocycles. The highest BCUT2D eigenvalue weighted by Crippen LogP contribution is 2.34. The van der Waals surface area contributed by atoms with Gasteiger partial charge in [0, 0.05) is 19.6 Å². The molecule has 1 aliphatic rings. The van der Waals surface area contributed by atoms with Crippen LogP contribution in [0.1, 0.15) is 31.2 Å². The van der Waals surface area contributed by atoms with Crippen LogP contribution in [0, 0.1) is 5.82 Å². The summed E-state index contributed by atoms with van der Waals surface area (Å²) in [6.45, 7) is 2.43. The Labute approximate surface area is 177 Å². The van der Waals surface area contributed by atoms with Gasteiger partial charge >= 0.3 is 0 Å². The van der Waals surface area contributed by atoms with Crippen molar-refractivity contribution >= 4 is 44.5 Å². The van der Waals surface area contributed by atoms with Gasteiger partial charge in [-0.1, -0.05) is 48.1 Å². The van der Waals surface area contributed by atoms with Crippen molar-refractivity contribution < 1.29 is 9.18 Å². The van der Waals surface area contributed by atoms with Gasteiger partial charge in [0.2, 0.25) is 5.91 Å². The van der Waals surface area contributed by atoms with Gasteiger partial charge in [-0.15, -0.1) is 0 Å². The molecule has 0 aliphatic carbocycles. The molecule has 0 unspecified atom stereocenters. The Morgan fingerprint density at radius 2 is 1.90 bits per heavy atom. The van der Waals surface area contributed by atoms with E-state index < -0.39 is 0 Å². The molecule has 0 spiro atoms. The summed E-state index contributed by atoms with van der Waals surface area (Å²) < 4.78 is 13.9.